The van der Waals surface area contributed by atoms with Crippen LogP contribution in [-0.2, 0) is 4.74 Å². The molecule has 0 aromatic carbocycles. The fraction of sp³-hybridized carbons (Fsp3) is 0.778. The Morgan fingerprint density at radius 3 is 2.52 bits per heavy atom. The Balaban J connectivity index is 1.78. The van der Waals surface area contributed by atoms with E-state index in [1.54, 1.807) is 0 Å². The largest absolute Gasteiger partial charge is 0.376 e. The van der Waals surface area contributed by atoms with Crippen molar-refractivity contribution in [1.29, 1.82) is 0 Å². The van der Waals surface area contributed by atoms with Crippen molar-refractivity contribution in [3.05, 3.63) is 16.4 Å². The molecule has 27 heavy (non-hydrogen) atoms. The van der Waals surface area contributed by atoms with Gasteiger partial charge < -0.3 is 20.7 Å². The van der Waals surface area contributed by atoms with Crippen LogP contribution in [0.3, 0.4) is 0 Å². The quantitative estimate of drug-likeness (QED) is 0.511. The van der Waals surface area contributed by atoms with Crippen molar-refractivity contribution in [2.45, 2.75) is 76.6 Å². The summed E-state index contributed by atoms with van der Waals surface area (Å²) < 4.78 is 5.57. The molecule has 1 aromatic heterocycles. The molecule has 1 atom stereocenters. The number of nitrogens with zero attached hydrogens (tertiary/aromatic N) is 3. The summed E-state index contributed by atoms with van der Waals surface area (Å²) in [5.74, 6) is 0.504. The van der Waals surface area contributed by atoms with Crippen molar-refractivity contribution < 1.29 is 9.66 Å². The molecule has 0 bridgehead atoms. The van der Waals surface area contributed by atoms with Crippen LogP contribution in [0.5, 0.6) is 0 Å². The van der Waals surface area contributed by atoms with Gasteiger partial charge >= 0.3 is 5.69 Å². The van der Waals surface area contributed by atoms with Crippen molar-refractivity contribution in [3.8, 4) is 0 Å². The van der Waals surface area contributed by atoms with Crippen LogP contribution in [0.25, 0.3) is 0 Å². The Kier molecular flexibility index (Phi) is 5.53. The maximum Gasteiger partial charge on any atom is 0.353 e. The maximum atomic E-state index is 11.7. The van der Waals surface area contributed by atoms with Gasteiger partial charge in [-0.05, 0) is 53.4 Å². The van der Waals surface area contributed by atoms with Gasteiger partial charge in [-0.3, -0.25) is 10.1 Å². The normalized spacial score (nSPS) is 24.5. The van der Waals surface area contributed by atoms with E-state index in [1.165, 1.54) is 6.33 Å². The minimum Gasteiger partial charge on any atom is -0.376 e. The fourth-order valence-corrected chi connectivity index (χ4v) is 4.42. The van der Waals surface area contributed by atoms with Gasteiger partial charge in [-0.1, -0.05) is 0 Å². The van der Waals surface area contributed by atoms with Crippen molar-refractivity contribution in [1.82, 2.24) is 15.3 Å². The minimum atomic E-state index is -0.419. The highest BCUT2D eigenvalue weighted by atomic mass is 16.6. The first-order valence-corrected chi connectivity index (χ1v) is 9.56. The Labute approximate surface area is 159 Å². The zero-order chi connectivity index (χ0) is 19.7. The van der Waals surface area contributed by atoms with Gasteiger partial charge in [0.1, 0.15) is 6.33 Å². The summed E-state index contributed by atoms with van der Waals surface area (Å²) in [4.78, 5) is 19.6. The second kappa shape index (κ2) is 7.55. The molecule has 0 amide bonds. The summed E-state index contributed by atoms with van der Waals surface area (Å²) in [5.41, 5.74) is -0.241. The predicted octanol–water partition coefficient (Wildman–Crippen LogP) is 2.70. The van der Waals surface area contributed by atoms with E-state index in [2.05, 4.69) is 53.6 Å². The van der Waals surface area contributed by atoms with Gasteiger partial charge in [0, 0.05) is 30.3 Å². The summed E-state index contributed by atoms with van der Waals surface area (Å²) in [5, 5.41) is 21.7. The van der Waals surface area contributed by atoms with Crippen LogP contribution >= 0.6 is 0 Å². The van der Waals surface area contributed by atoms with Gasteiger partial charge in [-0.2, -0.15) is 0 Å². The SMILES string of the molecule is CC1(C)CC(Nc2ncnc(NCC3CCCO3)c2[N+](=O)[O-])CC(C)(C)N1. The highest BCUT2D eigenvalue weighted by molar-refractivity contribution is 5.69. The van der Waals surface area contributed by atoms with Gasteiger partial charge in [0.2, 0.25) is 11.6 Å². The van der Waals surface area contributed by atoms with Gasteiger partial charge in [0.15, 0.2) is 0 Å². The maximum absolute atomic E-state index is 11.7. The van der Waals surface area contributed by atoms with E-state index in [4.69, 9.17) is 4.74 Å². The topological polar surface area (TPSA) is 114 Å². The molecule has 2 saturated heterocycles. The summed E-state index contributed by atoms with van der Waals surface area (Å²) in [6.45, 7) is 9.82. The Bertz CT molecular complexity index is 672. The average molecular weight is 378 g/mol. The third-order valence-corrected chi connectivity index (χ3v) is 5.06. The second-order valence-corrected chi connectivity index (χ2v) is 8.83. The standard InChI is InChI=1S/C18H30N6O3/c1-17(2)8-12(9-18(3,4)23-17)22-16-14(24(25)26)15(20-11-21-16)19-10-13-6-5-7-27-13/h11-13,23H,5-10H2,1-4H3,(H2,19,20,21,22). The first-order valence-electron chi connectivity index (χ1n) is 9.56. The van der Waals surface area contributed by atoms with Crippen LogP contribution in [0.1, 0.15) is 53.4 Å². The van der Waals surface area contributed by atoms with E-state index in [-0.39, 0.29) is 40.5 Å². The number of rotatable bonds is 6. The number of anilines is 2. The third-order valence-electron chi connectivity index (χ3n) is 5.06. The zero-order valence-corrected chi connectivity index (χ0v) is 16.5. The van der Waals surface area contributed by atoms with Gasteiger partial charge in [-0.15, -0.1) is 0 Å². The third kappa shape index (κ3) is 5.04. The second-order valence-electron chi connectivity index (χ2n) is 8.83. The van der Waals surface area contributed by atoms with Crippen molar-refractivity contribution in [3.63, 3.8) is 0 Å². The summed E-state index contributed by atoms with van der Waals surface area (Å²) in [7, 11) is 0. The first-order chi connectivity index (χ1) is 12.7. The van der Waals surface area contributed by atoms with Crippen LogP contribution in [0.4, 0.5) is 17.3 Å². The Morgan fingerprint density at radius 1 is 1.26 bits per heavy atom. The number of ether oxygens (including phenoxy) is 1. The van der Waals surface area contributed by atoms with Crippen LogP contribution < -0.4 is 16.0 Å². The molecule has 0 saturated carbocycles. The van der Waals surface area contributed by atoms with E-state index in [0.29, 0.717) is 6.54 Å². The zero-order valence-electron chi connectivity index (χ0n) is 16.5. The Hall–Kier alpha value is -2.00. The molecule has 3 heterocycles. The lowest BCUT2D eigenvalue weighted by Gasteiger charge is -2.46. The lowest BCUT2D eigenvalue weighted by Crippen LogP contribution is -2.60. The summed E-state index contributed by atoms with van der Waals surface area (Å²) in [6, 6.07) is 0.0795. The van der Waals surface area contributed by atoms with Crippen LogP contribution in [0, 0.1) is 10.1 Å². The highest BCUT2D eigenvalue weighted by Gasteiger charge is 2.38. The summed E-state index contributed by atoms with van der Waals surface area (Å²) in [6.07, 6.45) is 5.10. The highest BCUT2D eigenvalue weighted by Crippen LogP contribution is 2.34. The van der Waals surface area contributed by atoms with E-state index in [9.17, 15) is 10.1 Å². The smallest absolute Gasteiger partial charge is 0.353 e. The lowest BCUT2D eigenvalue weighted by atomic mass is 9.79. The minimum absolute atomic E-state index is 0.0673. The predicted molar refractivity (Wildman–Crippen MR) is 104 cm³/mol. The molecule has 9 heteroatoms. The van der Waals surface area contributed by atoms with E-state index in [1.807, 2.05) is 0 Å². The van der Waals surface area contributed by atoms with Crippen LogP contribution in [0.15, 0.2) is 6.33 Å². The van der Waals surface area contributed by atoms with Crippen molar-refractivity contribution in [2.75, 3.05) is 23.8 Å². The molecule has 0 radical (unpaired) electrons. The number of aromatic nitrogens is 2. The molecule has 0 aliphatic carbocycles. The number of nitro groups is 1. The molecule has 1 unspecified atom stereocenters. The molecule has 3 N–H and O–H groups in total. The van der Waals surface area contributed by atoms with E-state index >= 15 is 0 Å². The van der Waals surface area contributed by atoms with Gasteiger partial charge in [0.25, 0.3) is 0 Å². The Morgan fingerprint density at radius 2 is 1.93 bits per heavy atom. The monoisotopic (exact) mass is 378 g/mol. The molecule has 1 aromatic rings. The first kappa shape index (κ1) is 19.8. The average Bonchev–Trinajstić information content (AvgIpc) is 3.02. The lowest BCUT2D eigenvalue weighted by molar-refractivity contribution is -0.383. The molecule has 0 spiro atoms. The molecule has 9 nitrogen and oxygen atoms in total. The molecule has 3 rings (SSSR count). The van der Waals surface area contributed by atoms with E-state index in [0.717, 1.165) is 32.3 Å². The van der Waals surface area contributed by atoms with Crippen molar-refractivity contribution in [2.24, 2.45) is 0 Å². The number of hydrogen-bond acceptors (Lipinski definition) is 8. The molecular weight excluding hydrogens is 348 g/mol. The molecule has 2 fully saturated rings. The fourth-order valence-electron chi connectivity index (χ4n) is 4.42. The van der Waals surface area contributed by atoms with Crippen LogP contribution in [0.2, 0.25) is 0 Å². The van der Waals surface area contributed by atoms with Crippen LogP contribution in [-0.4, -0.2) is 51.3 Å². The van der Waals surface area contributed by atoms with E-state index < -0.39 is 4.92 Å². The molecule has 2 aliphatic heterocycles. The molecule has 150 valence electrons. The number of hydrogen-bond donors (Lipinski definition) is 3. The molecule has 2 aliphatic rings. The molecular formula is C18H30N6O3. The van der Waals surface area contributed by atoms with Gasteiger partial charge in [-0.25, -0.2) is 9.97 Å². The number of nitrogens with one attached hydrogen (secondary N) is 3. The van der Waals surface area contributed by atoms with Crippen molar-refractivity contribution >= 4 is 17.3 Å². The summed E-state index contributed by atoms with van der Waals surface area (Å²) >= 11 is 0. The number of piperidine rings is 1. The van der Waals surface area contributed by atoms with Gasteiger partial charge in [0.05, 0.1) is 11.0 Å².